The van der Waals surface area contributed by atoms with E-state index in [1.807, 2.05) is 12.4 Å². The van der Waals surface area contributed by atoms with Crippen LogP contribution in [0.3, 0.4) is 0 Å². The van der Waals surface area contributed by atoms with E-state index in [1.165, 1.54) is 0 Å². The molecule has 0 spiro atoms. The predicted octanol–water partition coefficient (Wildman–Crippen LogP) is 1.80. The van der Waals surface area contributed by atoms with Crippen molar-refractivity contribution in [3.05, 3.63) is 23.8 Å². The van der Waals surface area contributed by atoms with Crippen molar-refractivity contribution in [1.29, 1.82) is 0 Å². The average molecular weight is 237 g/mol. The van der Waals surface area contributed by atoms with Gasteiger partial charge < -0.3 is 10.1 Å². The zero-order valence-electron chi connectivity index (χ0n) is 11.3. The molecule has 1 aromatic heterocycles. The van der Waals surface area contributed by atoms with Crippen molar-refractivity contribution in [1.82, 2.24) is 15.3 Å². The zero-order chi connectivity index (χ0) is 12.7. The van der Waals surface area contributed by atoms with Crippen LogP contribution in [-0.2, 0) is 17.7 Å². The standard InChI is InChI=1S/C13H23N3O/c1-13(2,3)7-12-15-9-11(10-16-12)8-14-5-6-17-4/h9-10,14H,5-8H2,1-4H3. The van der Waals surface area contributed by atoms with Crippen LogP contribution in [0.1, 0.15) is 32.2 Å². The van der Waals surface area contributed by atoms with Crippen LogP contribution in [0.2, 0.25) is 0 Å². The highest BCUT2D eigenvalue weighted by atomic mass is 16.5. The van der Waals surface area contributed by atoms with Gasteiger partial charge in [0.05, 0.1) is 6.61 Å². The fourth-order valence-corrected chi connectivity index (χ4v) is 1.45. The molecule has 4 heteroatoms. The lowest BCUT2D eigenvalue weighted by molar-refractivity contribution is 0.199. The minimum absolute atomic E-state index is 0.234. The Morgan fingerprint density at radius 1 is 1.24 bits per heavy atom. The van der Waals surface area contributed by atoms with Gasteiger partial charge in [-0.15, -0.1) is 0 Å². The molecule has 0 radical (unpaired) electrons. The van der Waals surface area contributed by atoms with Gasteiger partial charge in [-0.2, -0.15) is 0 Å². The van der Waals surface area contributed by atoms with Gasteiger partial charge in [0, 0.05) is 44.6 Å². The zero-order valence-corrected chi connectivity index (χ0v) is 11.3. The van der Waals surface area contributed by atoms with E-state index in [9.17, 15) is 0 Å². The van der Waals surface area contributed by atoms with Crippen molar-refractivity contribution in [2.75, 3.05) is 20.3 Å². The molecular formula is C13H23N3O. The van der Waals surface area contributed by atoms with Crippen molar-refractivity contribution >= 4 is 0 Å². The molecule has 0 saturated heterocycles. The fraction of sp³-hybridized carbons (Fsp3) is 0.692. The molecule has 17 heavy (non-hydrogen) atoms. The first-order valence-electron chi connectivity index (χ1n) is 6.01. The molecule has 0 aromatic carbocycles. The van der Waals surface area contributed by atoms with E-state index < -0.39 is 0 Å². The molecule has 0 aliphatic heterocycles. The van der Waals surface area contributed by atoms with Gasteiger partial charge in [-0.25, -0.2) is 9.97 Å². The van der Waals surface area contributed by atoms with E-state index in [0.717, 1.165) is 37.5 Å². The molecular weight excluding hydrogens is 214 g/mol. The second-order valence-electron chi connectivity index (χ2n) is 5.41. The highest BCUT2D eigenvalue weighted by Gasteiger charge is 2.12. The number of methoxy groups -OCH3 is 1. The summed E-state index contributed by atoms with van der Waals surface area (Å²) in [6, 6.07) is 0. The van der Waals surface area contributed by atoms with Crippen molar-refractivity contribution < 1.29 is 4.74 Å². The third-order valence-electron chi connectivity index (χ3n) is 2.26. The monoisotopic (exact) mass is 237 g/mol. The first-order chi connectivity index (χ1) is 8.01. The van der Waals surface area contributed by atoms with Gasteiger partial charge in [0.25, 0.3) is 0 Å². The third kappa shape index (κ3) is 6.34. The van der Waals surface area contributed by atoms with E-state index in [0.29, 0.717) is 0 Å². The summed E-state index contributed by atoms with van der Waals surface area (Å²) in [7, 11) is 1.70. The second-order valence-corrected chi connectivity index (χ2v) is 5.41. The molecule has 0 unspecified atom stereocenters. The van der Waals surface area contributed by atoms with Gasteiger partial charge in [-0.1, -0.05) is 20.8 Å². The maximum Gasteiger partial charge on any atom is 0.128 e. The lowest BCUT2D eigenvalue weighted by atomic mass is 9.92. The number of ether oxygens (including phenoxy) is 1. The molecule has 0 fully saturated rings. The average Bonchev–Trinajstić information content (AvgIpc) is 2.25. The number of hydrogen-bond acceptors (Lipinski definition) is 4. The Morgan fingerprint density at radius 2 is 1.88 bits per heavy atom. The van der Waals surface area contributed by atoms with E-state index in [1.54, 1.807) is 7.11 Å². The summed E-state index contributed by atoms with van der Waals surface area (Å²) in [5, 5.41) is 3.27. The summed E-state index contributed by atoms with van der Waals surface area (Å²) in [5.41, 5.74) is 1.34. The Labute approximate surface area is 104 Å². The van der Waals surface area contributed by atoms with Crippen molar-refractivity contribution in [2.45, 2.75) is 33.7 Å². The van der Waals surface area contributed by atoms with Gasteiger partial charge in [0.15, 0.2) is 0 Å². The molecule has 4 nitrogen and oxygen atoms in total. The molecule has 96 valence electrons. The van der Waals surface area contributed by atoms with Crippen LogP contribution in [0.5, 0.6) is 0 Å². The molecule has 0 bridgehead atoms. The highest BCUT2D eigenvalue weighted by Crippen LogP contribution is 2.17. The van der Waals surface area contributed by atoms with Crippen LogP contribution in [-0.4, -0.2) is 30.2 Å². The number of nitrogens with one attached hydrogen (secondary N) is 1. The van der Waals surface area contributed by atoms with Gasteiger partial charge in [0.1, 0.15) is 5.82 Å². The molecule has 1 aromatic rings. The van der Waals surface area contributed by atoms with Crippen molar-refractivity contribution in [3.63, 3.8) is 0 Å². The molecule has 0 aliphatic rings. The Morgan fingerprint density at radius 3 is 2.41 bits per heavy atom. The van der Waals surface area contributed by atoms with E-state index in [2.05, 4.69) is 36.1 Å². The quantitative estimate of drug-likeness (QED) is 0.766. The van der Waals surface area contributed by atoms with Crippen LogP contribution in [0, 0.1) is 5.41 Å². The van der Waals surface area contributed by atoms with Crippen LogP contribution in [0.25, 0.3) is 0 Å². The third-order valence-corrected chi connectivity index (χ3v) is 2.26. The molecule has 0 atom stereocenters. The fourth-order valence-electron chi connectivity index (χ4n) is 1.45. The van der Waals surface area contributed by atoms with E-state index >= 15 is 0 Å². The van der Waals surface area contributed by atoms with Gasteiger partial charge in [0.2, 0.25) is 0 Å². The molecule has 0 saturated carbocycles. The van der Waals surface area contributed by atoms with E-state index in [4.69, 9.17) is 4.74 Å². The first-order valence-corrected chi connectivity index (χ1v) is 6.01. The SMILES string of the molecule is COCCNCc1cnc(CC(C)(C)C)nc1. The first kappa shape index (κ1) is 14.1. The number of rotatable bonds is 6. The number of hydrogen-bond donors (Lipinski definition) is 1. The summed E-state index contributed by atoms with van der Waals surface area (Å²) in [4.78, 5) is 8.76. The van der Waals surface area contributed by atoms with Crippen LogP contribution < -0.4 is 5.32 Å². The summed E-state index contributed by atoms with van der Waals surface area (Å²) in [5.74, 6) is 0.915. The van der Waals surface area contributed by atoms with Gasteiger partial charge >= 0.3 is 0 Å². The van der Waals surface area contributed by atoms with Crippen molar-refractivity contribution in [3.8, 4) is 0 Å². The summed E-state index contributed by atoms with van der Waals surface area (Å²) < 4.78 is 4.96. The predicted molar refractivity (Wildman–Crippen MR) is 68.8 cm³/mol. The smallest absolute Gasteiger partial charge is 0.128 e. The summed E-state index contributed by atoms with van der Waals surface area (Å²) in [6.07, 6.45) is 4.70. The van der Waals surface area contributed by atoms with Crippen LogP contribution in [0.4, 0.5) is 0 Å². The molecule has 0 aliphatic carbocycles. The topological polar surface area (TPSA) is 47.0 Å². The molecule has 1 N–H and O–H groups in total. The minimum atomic E-state index is 0.234. The number of nitrogens with zero attached hydrogens (tertiary/aromatic N) is 2. The largest absolute Gasteiger partial charge is 0.383 e. The Kier molecular flexibility index (Phi) is 5.51. The Balaban J connectivity index is 2.39. The van der Waals surface area contributed by atoms with Gasteiger partial charge in [-0.3, -0.25) is 0 Å². The summed E-state index contributed by atoms with van der Waals surface area (Å²) >= 11 is 0. The minimum Gasteiger partial charge on any atom is -0.383 e. The molecule has 0 amide bonds. The van der Waals surface area contributed by atoms with Gasteiger partial charge in [-0.05, 0) is 5.41 Å². The summed E-state index contributed by atoms with van der Waals surface area (Å²) in [6.45, 7) is 8.94. The maximum atomic E-state index is 4.96. The van der Waals surface area contributed by atoms with Crippen molar-refractivity contribution in [2.24, 2.45) is 5.41 Å². The highest BCUT2D eigenvalue weighted by molar-refractivity contribution is 5.05. The van der Waals surface area contributed by atoms with Crippen LogP contribution in [0.15, 0.2) is 12.4 Å². The lowest BCUT2D eigenvalue weighted by Gasteiger charge is -2.16. The Bertz CT molecular complexity index is 316. The Hall–Kier alpha value is -1.00. The maximum absolute atomic E-state index is 4.96. The van der Waals surface area contributed by atoms with Crippen LogP contribution >= 0.6 is 0 Å². The lowest BCUT2D eigenvalue weighted by Crippen LogP contribution is -2.19. The number of aromatic nitrogens is 2. The molecule has 1 rings (SSSR count). The van der Waals surface area contributed by atoms with E-state index in [-0.39, 0.29) is 5.41 Å². The normalized spacial score (nSPS) is 11.8. The molecule has 1 heterocycles. The second kappa shape index (κ2) is 6.67.